The molecule has 0 radical (unpaired) electrons. The molecular weight excluding hydrogens is 521 g/mol. The van der Waals surface area contributed by atoms with E-state index in [0.29, 0.717) is 0 Å². The van der Waals surface area contributed by atoms with Gasteiger partial charge < -0.3 is 19.9 Å². The Kier molecular flexibility index (Phi) is 12.0. The Morgan fingerprint density at radius 2 is 1.83 bits per heavy atom. The van der Waals surface area contributed by atoms with Crippen molar-refractivity contribution in [1.82, 2.24) is 5.32 Å². The number of nitrogens with one attached hydrogen (secondary N) is 1. The van der Waals surface area contributed by atoms with E-state index >= 15 is 0 Å². The van der Waals surface area contributed by atoms with Gasteiger partial charge in [0, 0.05) is 23.1 Å². The molecule has 0 saturated carbocycles. The fourth-order valence-electron chi connectivity index (χ4n) is 2.60. The van der Waals surface area contributed by atoms with Gasteiger partial charge in [-0.05, 0) is 0 Å². The molecule has 1 heterocycles. The van der Waals surface area contributed by atoms with Crippen LogP contribution >= 0.6 is 19.6 Å². The van der Waals surface area contributed by atoms with E-state index < -0.39 is 67.7 Å². The number of ether oxygens (including phenoxy) is 2. The summed E-state index contributed by atoms with van der Waals surface area (Å²) in [4.78, 5) is 59.3. The lowest BCUT2D eigenvalue weighted by Crippen LogP contribution is -2.50. The van der Waals surface area contributed by atoms with Crippen LogP contribution < -0.4 is 5.32 Å². The monoisotopic (exact) mass is 555 g/mol. The Morgan fingerprint density at radius 3 is 2.39 bits per heavy atom. The normalized spacial score (nSPS) is 22.2. The summed E-state index contributed by atoms with van der Waals surface area (Å²) in [6, 6.07) is 0. The largest absolute Gasteiger partial charge is 0.481 e. The number of aliphatic carboxylic acids is 1. The molecule has 0 bridgehead atoms. The number of hydrogen-bond donors (Lipinski definition) is 2. The number of thioether (sulfide) groups is 1. The first-order valence-corrected chi connectivity index (χ1v) is 13.4. The van der Waals surface area contributed by atoms with Crippen LogP contribution in [0.3, 0.4) is 0 Å². The van der Waals surface area contributed by atoms with E-state index in [0.717, 1.165) is 11.8 Å². The third-order valence-corrected chi connectivity index (χ3v) is 7.63. The summed E-state index contributed by atoms with van der Waals surface area (Å²) < 4.78 is 37.5. The van der Waals surface area contributed by atoms with Gasteiger partial charge in [0.25, 0.3) is 0 Å². The summed E-state index contributed by atoms with van der Waals surface area (Å²) in [5, 5.41) is 11.6. The zero-order valence-corrected chi connectivity index (χ0v) is 22.9. The number of rotatable bonds is 12. The summed E-state index contributed by atoms with van der Waals surface area (Å²) in [5.41, 5.74) is -1.57. The van der Waals surface area contributed by atoms with Crippen molar-refractivity contribution in [2.24, 2.45) is 16.7 Å². The molecule has 0 spiro atoms. The van der Waals surface area contributed by atoms with Crippen LogP contribution in [0.25, 0.3) is 0 Å². The first-order chi connectivity index (χ1) is 16.5. The predicted octanol–water partition coefficient (Wildman–Crippen LogP) is 2.13. The van der Waals surface area contributed by atoms with Gasteiger partial charge in [-0.3, -0.25) is 33.0 Å². The van der Waals surface area contributed by atoms with Crippen molar-refractivity contribution in [2.45, 2.75) is 53.6 Å². The first kappa shape index (κ1) is 32.0. The van der Waals surface area contributed by atoms with E-state index in [1.165, 1.54) is 7.11 Å². The summed E-state index contributed by atoms with van der Waals surface area (Å²) in [6.45, 7) is 7.25. The number of amides is 1. The maximum Gasteiger partial charge on any atom is 0.478 e. The SMILES string of the molecule is COC(=O)CCNC(=O)[C@@H]1O[P@@](=O)(OCOC(=O)C[C@@H](CSC(=O)C(C)(C)C)C(=O)O)OCC1(C)C. The van der Waals surface area contributed by atoms with E-state index in [-0.39, 0.29) is 30.4 Å². The highest BCUT2D eigenvalue weighted by Crippen LogP contribution is 2.57. The van der Waals surface area contributed by atoms with Gasteiger partial charge in [-0.2, -0.15) is 0 Å². The fourth-order valence-corrected chi connectivity index (χ4v) is 5.16. The molecule has 0 aromatic carbocycles. The molecule has 0 unspecified atom stereocenters. The molecular formula is C21H34NO12PS. The van der Waals surface area contributed by atoms with E-state index in [9.17, 15) is 33.6 Å². The number of carbonyl (C=O) groups excluding carboxylic acids is 4. The number of phosphoric acid groups is 1. The molecule has 1 amide bonds. The summed E-state index contributed by atoms with van der Waals surface area (Å²) >= 11 is 0.812. The molecule has 1 saturated heterocycles. The van der Waals surface area contributed by atoms with Gasteiger partial charge in [0.05, 0.1) is 32.5 Å². The number of carbonyl (C=O) groups is 5. The Balaban J connectivity index is 2.61. The van der Waals surface area contributed by atoms with E-state index in [4.69, 9.17) is 18.3 Å². The third-order valence-electron chi connectivity index (χ3n) is 4.85. The van der Waals surface area contributed by atoms with Gasteiger partial charge in [-0.1, -0.05) is 46.4 Å². The van der Waals surface area contributed by atoms with Gasteiger partial charge in [0.15, 0.2) is 11.2 Å². The average Bonchev–Trinajstić information content (AvgIpc) is 2.77. The van der Waals surface area contributed by atoms with Crippen LogP contribution in [-0.4, -0.2) is 72.9 Å². The Bertz CT molecular complexity index is 885. The highest BCUT2D eigenvalue weighted by Gasteiger charge is 2.49. The average molecular weight is 556 g/mol. The molecule has 2 N–H and O–H groups in total. The fraction of sp³-hybridized carbons (Fsp3) is 0.762. The molecule has 1 rings (SSSR count). The predicted molar refractivity (Wildman–Crippen MR) is 127 cm³/mol. The Morgan fingerprint density at radius 1 is 1.19 bits per heavy atom. The highest BCUT2D eigenvalue weighted by atomic mass is 32.2. The molecule has 0 aromatic rings. The minimum Gasteiger partial charge on any atom is -0.481 e. The molecule has 3 atom stereocenters. The van der Waals surface area contributed by atoms with Crippen LogP contribution in [0.1, 0.15) is 47.5 Å². The molecule has 1 fully saturated rings. The zero-order chi connectivity index (χ0) is 27.7. The molecule has 15 heteroatoms. The molecule has 0 aliphatic carbocycles. The number of hydrogen-bond acceptors (Lipinski definition) is 12. The van der Waals surface area contributed by atoms with E-state index in [2.05, 4.69) is 10.1 Å². The number of methoxy groups -OCH3 is 1. The van der Waals surface area contributed by atoms with Crippen LogP contribution in [0.15, 0.2) is 0 Å². The van der Waals surface area contributed by atoms with E-state index in [1.807, 2.05) is 0 Å². The Hall–Kier alpha value is -1.99. The van der Waals surface area contributed by atoms with Crippen molar-refractivity contribution in [3.63, 3.8) is 0 Å². The number of carboxylic acid groups (broad SMARTS) is 1. The maximum atomic E-state index is 12.8. The second kappa shape index (κ2) is 13.5. The zero-order valence-electron chi connectivity index (χ0n) is 21.2. The summed E-state index contributed by atoms with van der Waals surface area (Å²) in [6.07, 6.45) is -1.89. The lowest BCUT2D eigenvalue weighted by molar-refractivity contribution is -0.159. The minimum atomic E-state index is -4.31. The van der Waals surface area contributed by atoms with Gasteiger partial charge in [-0.15, -0.1) is 0 Å². The number of carboxylic acids is 1. The quantitative estimate of drug-likeness (QED) is 0.203. The molecule has 1 aliphatic heterocycles. The molecule has 13 nitrogen and oxygen atoms in total. The smallest absolute Gasteiger partial charge is 0.478 e. The van der Waals surface area contributed by atoms with Crippen molar-refractivity contribution >= 4 is 48.5 Å². The second-order valence-electron chi connectivity index (χ2n) is 9.66. The topological polar surface area (TPSA) is 181 Å². The summed E-state index contributed by atoms with van der Waals surface area (Å²) in [5.74, 6) is -4.74. The maximum absolute atomic E-state index is 12.8. The second-order valence-corrected chi connectivity index (χ2v) is 12.3. The van der Waals surface area contributed by atoms with Crippen molar-refractivity contribution < 1.29 is 56.7 Å². The Labute approximate surface area is 213 Å². The van der Waals surface area contributed by atoms with Crippen LogP contribution in [0.4, 0.5) is 0 Å². The molecule has 0 aromatic heterocycles. The van der Waals surface area contributed by atoms with Gasteiger partial charge in [0.1, 0.15) is 0 Å². The van der Waals surface area contributed by atoms with Crippen molar-refractivity contribution in [3.8, 4) is 0 Å². The van der Waals surface area contributed by atoms with Crippen molar-refractivity contribution in [3.05, 3.63) is 0 Å². The highest BCUT2D eigenvalue weighted by molar-refractivity contribution is 8.13. The molecule has 206 valence electrons. The first-order valence-electron chi connectivity index (χ1n) is 11.0. The lowest BCUT2D eigenvalue weighted by Gasteiger charge is -2.39. The minimum absolute atomic E-state index is 0.0323. The number of phosphoric ester groups is 1. The summed E-state index contributed by atoms with van der Waals surface area (Å²) in [7, 11) is -3.10. The molecule has 36 heavy (non-hydrogen) atoms. The lowest BCUT2D eigenvalue weighted by atomic mass is 9.87. The third kappa shape index (κ3) is 10.6. The van der Waals surface area contributed by atoms with Crippen LogP contribution in [0, 0.1) is 16.7 Å². The van der Waals surface area contributed by atoms with Crippen molar-refractivity contribution in [1.29, 1.82) is 0 Å². The van der Waals surface area contributed by atoms with Crippen LogP contribution in [0.5, 0.6) is 0 Å². The molecule has 1 aliphatic rings. The number of esters is 2. The van der Waals surface area contributed by atoms with Gasteiger partial charge in [-0.25, -0.2) is 9.09 Å². The van der Waals surface area contributed by atoms with Gasteiger partial charge >= 0.3 is 25.7 Å². The van der Waals surface area contributed by atoms with Gasteiger partial charge in [0.2, 0.25) is 12.7 Å². The van der Waals surface area contributed by atoms with E-state index in [1.54, 1.807) is 34.6 Å². The van der Waals surface area contributed by atoms with Crippen LogP contribution in [0.2, 0.25) is 0 Å². The standard InChI is InChI=1S/C21H34NO12PS/c1-20(2,3)19(28)36-10-13(18(26)27)9-15(24)31-12-33-35(29)32-11-21(4,5)16(34-35)17(25)22-8-7-14(23)30-6/h13,16H,7-12H2,1-6H3,(H,22,25)(H,26,27)/t13-,16-,35+/m0/s1. The van der Waals surface area contributed by atoms with Crippen LogP contribution in [-0.2, 0) is 51.6 Å². The van der Waals surface area contributed by atoms with Crippen molar-refractivity contribution in [2.75, 3.05) is 32.8 Å².